The zero-order valence-corrected chi connectivity index (χ0v) is 16.4. The summed E-state index contributed by atoms with van der Waals surface area (Å²) in [6, 6.07) is 12.0. The standard InChI is InChI=1S/C21H19FN4OS/c1-13-8-14(2)10-16(9-13)20(27)23-7-6-18-12-28-21-24-19(25-26(18)21)15-4-3-5-17(22)11-15/h3-5,8-12H,6-7H2,1-2H3,(H,23,27). The Morgan fingerprint density at radius 2 is 1.96 bits per heavy atom. The van der Waals surface area contributed by atoms with E-state index < -0.39 is 0 Å². The van der Waals surface area contributed by atoms with Crippen LogP contribution in [0.4, 0.5) is 4.39 Å². The first-order chi connectivity index (χ1) is 13.5. The van der Waals surface area contributed by atoms with Crippen molar-refractivity contribution in [3.63, 3.8) is 0 Å². The molecule has 0 atom stereocenters. The van der Waals surface area contributed by atoms with E-state index >= 15 is 0 Å². The van der Waals surface area contributed by atoms with Crippen molar-refractivity contribution in [2.24, 2.45) is 0 Å². The molecule has 0 spiro atoms. The van der Waals surface area contributed by atoms with Gasteiger partial charge in [-0.05, 0) is 38.1 Å². The Balaban J connectivity index is 1.46. The third-order valence-corrected chi connectivity index (χ3v) is 5.25. The summed E-state index contributed by atoms with van der Waals surface area (Å²) in [5.41, 5.74) is 4.40. The number of hydrogen-bond donors (Lipinski definition) is 1. The Hall–Kier alpha value is -3.06. The van der Waals surface area contributed by atoms with Crippen LogP contribution in [0.25, 0.3) is 16.3 Å². The highest BCUT2D eigenvalue weighted by Gasteiger charge is 2.13. The fraction of sp³-hybridized carbons (Fsp3) is 0.190. The van der Waals surface area contributed by atoms with E-state index in [1.54, 1.807) is 16.6 Å². The molecule has 1 amide bonds. The van der Waals surface area contributed by atoms with Crippen LogP contribution < -0.4 is 5.32 Å². The first-order valence-electron chi connectivity index (χ1n) is 8.95. The lowest BCUT2D eigenvalue weighted by atomic mass is 10.1. The number of carbonyl (C=O) groups is 1. The van der Waals surface area contributed by atoms with Gasteiger partial charge in [-0.2, -0.15) is 4.98 Å². The van der Waals surface area contributed by atoms with Gasteiger partial charge in [-0.25, -0.2) is 8.91 Å². The van der Waals surface area contributed by atoms with Gasteiger partial charge in [-0.15, -0.1) is 16.4 Å². The van der Waals surface area contributed by atoms with E-state index in [4.69, 9.17) is 0 Å². The number of amides is 1. The van der Waals surface area contributed by atoms with Gasteiger partial charge in [0, 0.05) is 29.5 Å². The zero-order chi connectivity index (χ0) is 19.7. The molecule has 28 heavy (non-hydrogen) atoms. The first-order valence-corrected chi connectivity index (χ1v) is 9.83. The van der Waals surface area contributed by atoms with Crippen LogP contribution in [0.1, 0.15) is 27.2 Å². The number of aromatic nitrogens is 3. The topological polar surface area (TPSA) is 59.3 Å². The quantitative estimate of drug-likeness (QED) is 0.552. The van der Waals surface area contributed by atoms with E-state index in [0.29, 0.717) is 29.9 Å². The van der Waals surface area contributed by atoms with Crippen molar-refractivity contribution < 1.29 is 9.18 Å². The molecule has 1 N–H and O–H groups in total. The lowest BCUT2D eigenvalue weighted by Gasteiger charge is -2.06. The number of aryl methyl sites for hydroxylation is 2. The molecule has 2 aromatic carbocycles. The Morgan fingerprint density at radius 1 is 1.18 bits per heavy atom. The monoisotopic (exact) mass is 394 g/mol. The van der Waals surface area contributed by atoms with Crippen LogP contribution in [0.15, 0.2) is 47.8 Å². The molecule has 0 saturated carbocycles. The highest BCUT2D eigenvalue weighted by Crippen LogP contribution is 2.21. The number of nitrogens with one attached hydrogen (secondary N) is 1. The van der Waals surface area contributed by atoms with Gasteiger partial charge in [0.15, 0.2) is 5.82 Å². The molecule has 0 aliphatic heterocycles. The third kappa shape index (κ3) is 3.80. The summed E-state index contributed by atoms with van der Waals surface area (Å²) in [5.74, 6) is 0.0918. The second-order valence-corrected chi connectivity index (χ2v) is 7.59. The minimum Gasteiger partial charge on any atom is -0.352 e. The second kappa shape index (κ2) is 7.52. The van der Waals surface area contributed by atoms with Gasteiger partial charge in [-0.1, -0.05) is 29.3 Å². The predicted octanol–water partition coefficient (Wildman–Crippen LogP) is 4.19. The van der Waals surface area contributed by atoms with Crippen molar-refractivity contribution in [2.45, 2.75) is 20.3 Å². The van der Waals surface area contributed by atoms with Gasteiger partial charge in [0.05, 0.1) is 5.69 Å². The molecule has 7 heteroatoms. The summed E-state index contributed by atoms with van der Waals surface area (Å²) >= 11 is 1.48. The van der Waals surface area contributed by atoms with Crippen molar-refractivity contribution >= 4 is 22.2 Å². The second-order valence-electron chi connectivity index (χ2n) is 6.75. The molecule has 0 radical (unpaired) electrons. The first kappa shape index (κ1) is 18.3. The van der Waals surface area contributed by atoms with E-state index in [9.17, 15) is 9.18 Å². The molecule has 0 unspecified atom stereocenters. The summed E-state index contributed by atoms with van der Waals surface area (Å²) in [4.78, 5) is 17.6. The molecule has 0 bridgehead atoms. The molecule has 4 rings (SSSR count). The maximum absolute atomic E-state index is 13.4. The van der Waals surface area contributed by atoms with Crippen molar-refractivity contribution in [1.29, 1.82) is 0 Å². The lowest BCUT2D eigenvalue weighted by Crippen LogP contribution is -2.26. The van der Waals surface area contributed by atoms with Gasteiger partial charge in [0.1, 0.15) is 5.82 Å². The molecule has 5 nitrogen and oxygen atoms in total. The number of carbonyl (C=O) groups excluding carboxylic acids is 1. The van der Waals surface area contributed by atoms with Crippen LogP contribution >= 0.6 is 11.3 Å². The molecule has 0 fully saturated rings. The Bertz CT molecular complexity index is 1140. The van der Waals surface area contributed by atoms with Gasteiger partial charge in [0.2, 0.25) is 4.96 Å². The largest absolute Gasteiger partial charge is 0.352 e. The van der Waals surface area contributed by atoms with Crippen LogP contribution in [0.2, 0.25) is 0 Å². The maximum Gasteiger partial charge on any atom is 0.251 e. The molecular formula is C21H19FN4OS. The number of nitrogens with zero attached hydrogens (tertiary/aromatic N) is 3. The van der Waals surface area contributed by atoms with Gasteiger partial charge in [-0.3, -0.25) is 4.79 Å². The minimum absolute atomic E-state index is 0.0858. The third-order valence-electron chi connectivity index (χ3n) is 4.38. The fourth-order valence-corrected chi connectivity index (χ4v) is 4.01. The van der Waals surface area contributed by atoms with Gasteiger partial charge < -0.3 is 5.32 Å². The number of hydrogen-bond acceptors (Lipinski definition) is 4. The van der Waals surface area contributed by atoms with Crippen molar-refractivity contribution in [2.75, 3.05) is 6.54 Å². The summed E-state index contributed by atoms with van der Waals surface area (Å²) in [5, 5.41) is 9.44. The number of fused-ring (bicyclic) bond motifs is 1. The average molecular weight is 394 g/mol. The maximum atomic E-state index is 13.4. The number of halogens is 1. The lowest BCUT2D eigenvalue weighted by molar-refractivity contribution is 0.0954. The zero-order valence-electron chi connectivity index (χ0n) is 15.6. The summed E-state index contributed by atoms with van der Waals surface area (Å²) in [7, 11) is 0. The predicted molar refractivity (Wildman–Crippen MR) is 108 cm³/mol. The highest BCUT2D eigenvalue weighted by atomic mass is 32.1. The van der Waals surface area contributed by atoms with Crippen LogP contribution in [0.3, 0.4) is 0 Å². The van der Waals surface area contributed by atoms with Crippen LogP contribution in [0, 0.1) is 19.7 Å². The normalized spacial score (nSPS) is 11.1. The minimum atomic E-state index is -0.315. The van der Waals surface area contributed by atoms with E-state index in [2.05, 4.69) is 15.4 Å². The fourth-order valence-electron chi connectivity index (χ4n) is 3.16. The highest BCUT2D eigenvalue weighted by molar-refractivity contribution is 7.15. The van der Waals surface area contributed by atoms with Gasteiger partial charge >= 0.3 is 0 Å². The summed E-state index contributed by atoms with van der Waals surface area (Å²) in [6.07, 6.45) is 0.627. The number of thiazole rings is 1. The average Bonchev–Trinajstić information content (AvgIpc) is 3.22. The van der Waals surface area contributed by atoms with Crippen LogP contribution in [-0.2, 0) is 6.42 Å². The summed E-state index contributed by atoms with van der Waals surface area (Å²) < 4.78 is 15.2. The van der Waals surface area contributed by atoms with Crippen LogP contribution in [-0.4, -0.2) is 27.0 Å². The molecule has 2 aromatic heterocycles. The Kier molecular flexibility index (Phi) is 4.92. The van der Waals surface area contributed by atoms with Crippen molar-refractivity contribution in [1.82, 2.24) is 19.9 Å². The van der Waals surface area contributed by atoms with E-state index in [0.717, 1.165) is 21.8 Å². The Labute approximate surface area is 165 Å². The summed E-state index contributed by atoms with van der Waals surface area (Å²) in [6.45, 7) is 4.45. The van der Waals surface area contributed by atoms with Crippen LogP contribution in [0.5, 0.6) is 0 Å². The number of benzene rings is 2. The van der Waals surface area contributed by atoms with Crippen molar-refractivity contribution in [3.8, 4) is 11.4 Å². The molecule has 0 saturated heterocycles. The van der Waals surface area contributed by atoms with E-state index in [1.165, 1.54) is 23.5 Å². The molecule has 142 valence electrons. The molecule has 0 aliphatic carbocycles. The molecule has 4 aromatic rings. The number of rotatable bonds is 5. The van der Waals surface area contributed by atoms with Crippen molar-refractivity contribution in [3.05, 3.63) is 76.0 Å². The smallest absolute Gasteiger partial charge is 0.251 e. The Morgan fingerprint density at radius 3 is 2.71 bits per heavy atom. The molecular weight excluding hydrogens is 375 g/mol. The van der Waals surface area contributed by atoms with E-state index in [-0.39, 0.29) is 11.7 Å². The SMILES string of the molecule is Cc1cc(C)cc(C(=O)NCCc2csc3nc(-c4cccc(F)c4)nn23)c1. The van der Waals surface area contributed by atoms with E-state index in [1.807, 2.05) is 37.4 Å². The molecule has 0 aliphatic rings. The van der Waals surface area contributed by atoms with Gasteiger partial charge in [0.25, 0.3) is 5.91 Å². The molecule has 2 heterocycles.